The molecule has 1 aromatic carbocycles. The first kappa shape index (κ1) is 10.2. The fourth-order valence-corrected chi connectivity index (χ4v) is 1.27. The standard InChI is InChI=1S/C10H14FNO/c1-6-5-8(11)3-4-9(6)10(12)7(2)13/h3-5,7,10,13H,12H2,1-2H3/t7-,10+/m0/s1. The number of aliphatic hydroxyl groups is 1. The highest BCUT2D eigenvalue weighted by atomic mass is 19.1. The summed E-state index contributed by atoms with van der Waals surface area (Å²) in [6, 6.07) is 3.94. The fourth-order valence-electron chi connectivity index (χ4n) is 1.27. The largest absolute Gasteiger partial charge is 0.391 e. The Hall–Kier alpha value is -0.930. The lowest BCUT2D eigenvalue weighted by atomic mass is 9.98. The van der Waals surface area contributed by atoms with E-state index in [1.165, 1.54) is 12.1 Å². The maximum absolute atomic E-state index is 12.7. The van der Waals surface area contributed by atoms with E-state index < -0.39 is 12.1 Å². The van der Waals surface area contributed by atoms with Crippen LogP contribution in [0.15, 0.2) is 18.2 Å². The first-order valence-electron chi connectivity index (χ1n) is 4.22. The van der Waals surface area contributed by atoms with Gasteiger partial charge in [-0.15, -0.1) is 0 Å². The number of hydrogen-bond acceptors (Lipinski definition) is 2. The van der Waals surface area contributed by atoms with Gasteiger partial charge in [0.2, 0.25) is 0 Å². The van der Waals surface area contributed by atoms with Crippen LogP contribution in [0.1, 0.15) is 24.1 Å². The minimum Gasteiger partial charge on any atom is -0.391 e. The number of rotatable bonds is 2. The summed E-state index contributed by atoms with van der Waals surface area (Å²) in [5.41, 5.74) is 7.28. The summed E-state index contributed by atoms with van der Waals surface area (Å²) >= 11 is 0. The third-order valence-corrected chi connectivity index (χ3v) is 2.11. The van der Waals surface area contributed by atoms with Gasteiger partial charge in [-0.2, -0.15) is 0 Å². The molecule has 2 atom stereocenters. The van der Waals surface area contributed by atoms with Gasteiger partial charge in [0, 0.05) is 0 Å². The number of aliphatic hydroxyl groups excluding tert-OH is 1. The number of aryl methyl sites for hydroxylation is 1. The summed E-state index contributed by atoms with van der Waals surface area (Å²) in [4.78, 5) is 0. The number of halogens is 1. The van der Waals surface area contributed by atoms with E-state index in [2.05, 4.69) is 0 Å². The van der Waals surface area contributed by atoms with Gasteiger partial charge in [0.15, 0.2) is 0 Å². The molecular weight excluding hydrogens is 169 g/mol. The van der Waals surface area contributed by atoms with Gasteiger partial charge in [-0.05, 0) is 37.1 Å². The van der Waals surface area contributed by atoms with E-state index in [1.807, 2.05) is 0 Å². The molecule has 0 unspecified atom stereocenters. The van der Waals surface area contributed by atoms with Crippen molar-refractivity contribution < 1.29 is 9.50 Å². The lowest BCUT2D eigenvalue weighted by Crippen LogP contribution is -2.23. The lowest BCUT2D eigenvalue weighted by Gasteiger charge is -2.17. The molecule has 3 heteroatoms. The molecule has 0 spiro atoms. The minimum atomic E-state index is -0.621. The maximum Gasteiger partial charge on any atom is 0.123 e. The van der Waals surface area contributed by atoms with Gasteiger partial charge in [-0.3, -0.25) is 0 Å². The van der Waals surface area contributed by atoms with Crippen LogP contribution in [0.3, 0.4) is 0 Å². The van der Waals surface area contributed by atoms with Crippen LogP contribution in [0.5, 0.6) is 0 Å². The van der Waals surface area contributed by atoms with E-state index in [4.69, 9.17) is 5.73 Å². The average molecular weight is 183 g/mol. The van der Waals surface area contributed by atoms with Crippen LogP contribution >= 0.6 is 0 Å². The molecule has 0 saturated carbocycles. The molecule has 0 radical (unpaired) electrons. The molecule has 1 rings (SSSR count). The van der Waals surface area contributed by atoms with E-state index in [-0.39, 0.29) is 5.82 Å². The Bertz CT molecular complexity index is 299. The van der Waals surface area contributed by atoms with Gasteiger partial charge in [0.1, 0.15) is 5.82 Å². The molecule has 0 aliphatic carbocycles. The van der Waals surface area contributed by atoms with Crippen molar-refractivity contribution in [2.75, 3.05) is 0 Å². The van der Waals surface area contributed by atoms with Crippen LogP contribution in [-0.2, 0) is 0 Å². The van der Waals surface area contributed by atoms with Gasteiger partial charge >= 0.3 is 0 Å². The van der Waals surface area contributed by atoms with Gasteiger partial charge in [-0.25, -0.2) is 4.39 Å². The van der Waals surface area contributed by atoms with E-state index in [9.17, 15) is 9.50 Å². The molecule has 0 aliphatic rings. The zero-order valence-electron chi connectivity index (χ0n) is 7.79. The average Bonchev–Trinajstić information content (AvgIpc) is 2.03. The summed E-state index contributed by atoms with van der Waals surface area (Å²) in [7, 11) is 0. The van der Waals surface area contributed by atoms with Crippen molar-refractivity contribution in [3.05, 3.63) is 35.1 Å². The zero-order valence-corrected chi connectivity index (χ0v) is 7.79. The molecule has 3 N–H and O–H groups in total. The first-order chi connectivity index (χ1) is 6.02. The van der Waals surface area contributed by atoms with Crippen molar-refractivity contribution in [2.45, 2.75) is 26.0 Å². The van der Waals surface area contributed by atoms with E-state index in [0.29, 0.717) is 0 Å². The Morgan fingerprint density at radius 3 is 2.54 bits per heavy atom. The van der Waals surface area contributed by atoms with E-state index in [1.54, 1.807) is 19.9 Å². The van der Waals surface area contributed by atoms with Crippen molar-refractivity contribution >= 4 is 0 Å². The van der Waals surface area contributed by atoms with Gasteiger partial charge in [-0.1, -0.05) is 6.07 Å². The van der Waals surface area contributed by atoms with Crippen molar-refractivity contribution in [3.63, 3.8) is 0 Å². The highest BCUT2D eigenvalue weighted by Crippen LogP contribution is 2.19. The minimum absolute atomic E-state index is 0.279. The molecule has 0 aromatic heterocycles. The molecule has 0 fully saturated rings. The molecule has 1 aromatic rings. The summed E-state index contributed by atoms with van der Waals surface area (Å²) in [5.74, 6) is -0.279. The monoisotopic (exact) mass is 183 g/mol. The van der Waals surface area contributed by atoms with Crippen LogP contribution in [0.25, 0.3) is 0 Å². The molecule has 0 saturated heterocycles. The van der Waals surface area contributed by atoms with Crippen molar-refractivity contribution in [3.8, 4) is 0 Å². The second-order valence-corrected chi connectivity index (χ2v) is 3.27. The highest BCUT2D eigenvalue weighted by Gasteiger charge is 2.14. The maximum atomic E-state index is 12.7. The summed E-state index contributed by atoms with van der Waals surface area (Å²) in [5, 5.41) is 9.25. The Kier molecular flexibility index (Phi) is 3.01. The third-order valence-electron chi connectivity index (χ3n) is 2.11. The molecule has 2 nitrogen and oxygen atoms in total. The highest BCUT2D eigenvalue weighted by molar-refractivity contribution is 5.29. The Morgan fingerprint density at radius 2 is 2.08 bits per heavy atom. The normalized spacial score (nSPS) is 15.5. The topological polar surface area (TPSA) is 46.2 Å². The van der Waals surface area contributed by atoms with Crippen LogP contribution in [0.4, 0.5) is 4.39 Å². The SMILES string of the molecule is Cc1cc(F)ccc1[C@H](N)[C@H](C)O. The van der Waals surface area contributed by atoms with Gasteiger partial charge in [0.25, 0.3) is 0 Å². The van der Waals surface area contributed by atoms with E-state index in [0.717, 1.165) is 11.1 Å². The molecule has 0 amide bonds. The van der Waals surface area contributed by atoms with Gasteiger partial charge < -0.3 is 10.8 Å². The fraction of sp³-hybridized carbons (Fsp3) is 0.400. The second-order valence-electron chi connectivity index (χ2n) is 3.27. The lowest BCUT2D eigenvalue weighted by molar-refractivity contribution is 0.164. The third kappa shape index (κ3) is 2.26. The van der Waals surface area contributed by atoms with E-state index >= 15 is 0 Å². The molecule has 0 bridgehead atoms. The van der Waals surface area contributed by atoms with Crippen LogP contribution < -0.4 is 5.73 Å². The van der Waals surface area contributed by atoms with Crippen LogP contribution in [0.2, 0.25) is 0 Å². The Balaban J connectivity index is 3.01. The van der Waals surface area contributed by atoms with Crippen LogP contribution in [-0.4, -0.2) is 11.2 Å². The Labute approximate surface area is 77.2 Å². The zero-order chi connectivity index (χ0) is 10.0. The number of benzene rings is 1. The molecule has 13 heavy (non-hydrogen) atoms. The van der Waals surface area contributed by atoms with Crippen molar-refractivity contribution in [2.24, 2.45) is 5.73 Å². The molecular formula is C10H14FNO. The molecule has 0 aliphatic heterocycles. The first-order valence-corrected chi connectivity index (χ1v) is 4.22. The van der Waals surface area contributed by atoms with Crippen LogP contribution in [0, 0.1) is 12.7 Å². The molecule has 0 heterocycles. The quantitative estimate of drug-likeness (QED) is 0.730. The summed E-state index contributed by atoms with van der Waals surface area (Å²) in [6.07, 6.45) is -0.621. The summed E-state index contributed by atoms with van der Waals surface area (Å²) in [6.45, 7) is 3.40. The smallest absolute Gasteiger partial charge is 0.123 e. The predicted molar refractivity (Wildman–Crippen MR) is 49.7 cm³/mol. The molecule has 72 valence electrons. The summed E-state index contributed by atoms with van der Waals surface area (Å²) < 4.78 is 12.7. The van der Waals surface area contributed by atoms with Crippen molar-refractivity contribution in [1.82, 2.24) is 0 Å². The second kappa shape index (κ2) is 3.85. The predicted octanol–water partition coefficient (Wildman–Crippen LogP) is 1.51. The Morgan fingerprint density at radius 1 is 1.46 bits per heavy atom. The number of nitrogens with two attached hydrogens (primary N) is 1. The van der Waals surface area contributed by atoms with Crippen molar-refractivity contribution in [1.29, 1.82) is 0 Å². The van der Waals surface area contributed by atoms with Gasteiger partial charge in [0.05, 0.1) is 12.1 Å². The number of hydrogen-bond donors (Lipinski definition) is 2.